The molecule has 1 unspecified atom stereocenters. The molecular weight excluding hydrogens is 260 g/mol. The van der Waals surface area contributed by atoms with Gasteiger partial charge in [-0.1, -0.05) is 0 Å². The number of hydrogen-bond acceptors (Lipinski definition) is 5. The molecule has 0 aliphatic rings. The highest BCUT2D eigenvalue weighted by molar-refractivity contribution is 7.12. The van der Waals surface area contributed by atoms with Gasteiger partial charge in [0.15, 0.2) is 0 Å². The molecule has 100 valence electrons. The summed E-state index contributed by atoms with van der Waals surface area (Å²) in [5.41, 5.74) is 3.47. The van der Waals surface area contributed by atoms with Gasteiger partial charge in [-0.25, -0.2) is 0 Å². The van der Waals surface area contributed by atoms with Crippen LogP contribution < -0.4 is 16.6 Å². The molecule has 0 saturated carbocycles. The first kappa shape index (κ1) is 13.5. The fourth-order valence-corrected chi connectivity index (χ4v) is 2.62. The fourth-order valence-electron chi connectivity index (χ4n) is 1.74. The first-order valence-corrected chi connectivity index (χ1v) is 6.71. The van der Waals surface area contributed by atoms with E-state index in [4.69, 9.17) is 5.84 Å². The minimum atomic E-state index is -0.172. The van der Waals surface area contributed by atoms with Crippen LogP contribution in [0.1, 0.15) is 33.1 Å². The lowest BCUT2D eigenvalue weighted by Gasteiger charge is -2.14. The summed E-state index contributed by atoms with van der Waals surface area (Å²) in [4.78, 5) is 18.5. The number of anilines is 1. The van der Waals surface area contributed by atoms with E-state index in [9.17, 15) is 4.79 Å². The molecule has 0 radical (unpaired) electrons. The number of nitrogens with two attached hydrogens (primary N) is 1. The van der Waals surface area contributed by atoms with Gasteiger partial charge in [-0.05, 0) is 32.0 Å². The van der Waals surface area contributed by atoms with Gasteiger partial charge in [-0.3, -0.25) is 15.6 Å². The number of thiophene rings is 1. The van der Waals surface area contributed by atoms with Crippen LogP contribution in [-0.2, 0) is 0 Å². The SMILES string of the molecule is Cc1ccc(C(C)NC(=O)c2ccncc2NN)s1. The number of carbonyl (C=O) groups excluding carboxylic acids is 1. The number of hydrazine groups is 1. The summed E-state index contributed by atoms with van der Waals surface area (Å²) in [6, 6.07) is 5.67. The molecule has 0 bridgehead atoms. The van der Waals surface area contributed by atoms with Gasteiger partial charge in [0.25, 0.3) is 5.91 Å². The topological polar surface area (TPSA) is 80.0 Å². The van der Waals surface area contributed by atoms with Crippen molar-refractivity contribution in [3.63, 3.8) is 0 Å². The van der Waals surface area contributed by atoms with Crippen molar-refractivity contribution in [3.05, 3.63) is 45.9 Å². The molecule has 2 aromatic rings. The quantitative estimate of drug-likeness (QED) is 0.591. The number of aromatic nitrogens is 1. The van der Waals surface area contributed by atoms with E-state index in [2.05, 4.69) is 15.7 Å². The van der Waals surface area contributed by atoms with E-state index in [0.29, 0.717) is 11.3 Å². The van der Waals surface area contributed by atoms with Gasteiger partial charge in [-0.15, -0.1) is 11.3 Å². The van der Waals surface area contributed by atoms with Crippen molar-refractivity contribution in [3.8, 4) is 0 Å². The Bertz CT molecular complexity index is 582. The first-order chi connectivity index (χ1) is 9.11. The van der Waals surface area contributed by atoms with Gasteiger partial charge in [0.05, 0.1) is 23.5 Å². The van der Waals surface area contributed by atoms with Crippen LogP contribution in [0.2, 0.25) is 0 Å². The number of nitrogens with one attached hydrogen (secondary N) is 2. The fraction of sp³-hybridized carbons (Fsp3) is 0.231. The molecule has 0 spiro atoms. The van der Waals surface area contributed by atoms with Gasteiger partial charge in [0.2, 0.25) is 0 Å². The molecule has 5 nitrogen and oxygen atoms in total. The number of hydrogen-bond donors (Lipinski definition) is 3. The van der Waals surface area contributed by atoms with Crippen LogP contribution in [0.25, 0.3) is 0 Å². The second-order valence-electron chi connectivity index (χ2n) is 4.21. The van der Waals surface area contributed by atoms with Crippen molar-refractivity contribution >= 4 is 22.9 Å². The third-order valence-corrected chi connectivity index (χ3v) is 3.94. The average molecular weight is 276 g/mol. The van der Waals surface area contributed by atoms with Gasteiger partial charge in [-0.2, -0.15) is 0 Å². The molecule has 0 fully saturated rings. The standard InChI is InChI=1S/C13H16N4OS/c1-8-3-4-12(19-8)9(2)16-13(18)10-5-6-15-7-11(10)17-14/h3-7,9,17H,14H2,1-2H3,(H,16,18). The van der Waals surface area contributed by atoms with Crippen LogP contribution in [0.5, 0.6) is 0 Å². The van der Waals surface area contributed by atoms with E-state index < -0.39 is 0 Å². The first-order valence-electron chi connectivity index (χ1n) is 5.89. The number of aryl methyl sites for hydroxylation is 1. The Morgan fingerprint density at radius 2 is 2.21 bits per heavy atom. The zero-order valence-electron chi connectivity index (χ0n) is 10.8. The van der Waals surface area contributed by atoms with Crippen LogP contribution in [-0.4, -0.2) is 10.9 Å². The molecule has 0 aliphatic carbocycles. The molecule has 6 heteroatoms. The molecule has 19 heavy (non-hydrogen) atoms. The van der Waals surface area contributed by atoms with Crippen LogP contribution >= 0.6 is 11.3 Å². The highest BCUT2D eigenvalue weighted by Crippen LogP contribution is 2.23. The monoisotopic (exact) mass is 276 g/mol. The Balaban J connectivity index is 2.12. The number of nitrogens with zero attached hydrogens (tertiary/aromatic N) is 1. The molecule has 4 N–H and O–H groups in total. The maximum atomic E-state index is 12.2. The number of amides is 1. The van der Waals surface area contributed by atoms with Gasteiger partial charge in [0, 0.05) is 16.0 Å². The normalized spacial score (nSPS) is 11.9. The number of nitrogen functional groups attached to an aromatic ring is 1. The number of rotatable bonds is 4. The van der Waals surface area contributed by atoms with Crippen molar-refractivity contribution < 1.29 is 4.79 Å². The van der Waals surface area contributed by atoms with E-state index in [1.807, 2.05) is 26.0 Å². The molecule has 2 aromatic heterocycles. The smallest absolute Gasteiger partial charge is 0.254 e. The average Bonchev–Trinajstić information content (AvgIpc) is 2.85. The lowest BCUT2D eigenvalue weighted by molar-refractivity contribution is 0.0941. The molecule has 0 aliphatic heterocycles. The van der Waals surface area contributed by atoms with Crippen molar-refractivity contribution in [2.45, 2.75) is 19.9 Å². The predicted octanol–water partition coefficient (Wildman–Crippen LogP) is 2.23. The maximum Gasteiger partial charge on any atom is 0.254 e. The summed E-state index contributed by atoms with van der Waals surface area (Å²) in [7, 11) is 0. The van der Waals surface area contributed by atoms with Crippen molar-refractivity contribution in [2.24, 2.45) is 5.84 Å². The van der Waals surface area contributed by atoms with E-state index in [0.717, 1.165) is 4.88 Å². The predicted molar refractivity (Wildman–Crippen MR) is 77.0 cm³/mol. The summed E-state index contributed by atoms with van der Waals surface area (Å²) < 4.78 is 0. The lowest BCUT2D eigenvalue weighted by Crippen LogP contribution is -2.27. The van der Waals surface area contributed by atoms with Crippen LogP contribution in [0.4, 0.5) is 5.69 Å². The summed E-state index contributed by atoms with van der Waals surface area (Å²) in [6.45, 7) is 4.00. The summed E-state index contributed by atoms with van der Waals surface area (Å²) >= 11 is 1.68. The highest BCUT2D eigenvalue weighted by Gasteiger charge is 2.15. The largest absolute Gasteiger partial charge is 0.345 e. The van der Waals surface area contributed by atoms with Gasteiger partial charge in [0.1, 0.15) is 0 Å². The molecular formula is C13H16N4OS. The third kappa shape index (κ3) is 3.10. The van der Waals surface area contributed by atoms with E-state index in [1.54, 1.807) is 23.6 Å². The lowest BCUT2D eigenvalue weighted by atomic mass is 10.2. The highest BCUT2D eigenvalue weighted by atomic mass is 32.1. The molecule has 0 saturated heterocycles. The molecule has 0 aromatic carbocycles. The third-order valence-electron chi connectivity index (χ3n) is 2.76. The van der Waals surface area contributed by atoms with Crippen molar-refractivity contribution in [1.29, 1.82) is 0 Å². The van der Waals surface area contributed by atoms with Crippen molar-refractivity contribution in [1.82, 2.24) is 10.3 Å². The maximum absolute atomic E-state index is 12.2. The van der Waals surface area contributed by atoms with Crippen LogP contribution in [0.3, 0.4) is 0 Å². The Morgan fingerprint density at radius 3 is 2.84 bits per heavy atom. The van der Waals surface area contributed by atoms with Crippen LogP contribution in [0.15, 0.2) is 30.6 Å². The second kappa shape index (κ2) is 5.81. The molecule has 2 rings (SSSR count). The number of carbonyl (C=O) groups is 1. The van der Waals surface area contributed by atoms with Crippen LogP contribution in [0, 0.1) is 6.92 Å². The molecule has 2 heterocycles. The summed E-state index contributed by atoms with van der Waals surface area (Å²) in [5.74, 6) is 5.19. The molecule has 1 atom stereocenters. The van der Waals surface area contributed by atoms with E-state index in [-0.39, 0.29) is 11.9 Å². The van der Waals surface area contributed by atoms with Gasteiger partial charge >= 0.3 is 0 Å². The van der Waals surface area contributed by atoms with E-state index in [1.165, 1.54) is 11.1 Å². The Morgan fingerprint density at radius 1 is 1.42 bits per heavy atom. The minimum Gasteiger partial charge on any atom is -0.345 e. The van der Waals surface area contributed by atoms with Crippen molar-refractivity contribution in [2.75, 3.05) is 5.43 Å². The van der Waals surface area contributed by atoms with E-state index >= 15 is 0 Å². The Labute approximate surface area is 115 Å². The Kier molecular flexibility index (Phi) is 4.13. The molecule has 1 amide bonds. The summed E-state index contributed by atoms with van der Waals surface area (Å²) in [6.07, 6.45) is 3.09. The summed E-state index contributed by atoms with van der Waals surface area (Å²) in [5, 5.41) is 2.95. The zero-order chi connectivity index (χ0) is 13.8. The second-order valence-corrected chi connectivity index (χ2v) is 5.53. The van der Waals surface area contributed by atoms with Gasteiger partial charge < -0.3 is 10.7 Å². The minimum absolute atomic E-state index is 0.0370. The number of pyridine rings is 1. The Hall–Kier alpha value is -1.92. The zero-order valence-corrected chi connectivity index (χ0v) is 11.6.